The van der Waals surface area contributed by atoms with Gasteiger partial charge in [0.25, 0.3) is 0 Å². The standard InChI is InChI=1S/C10H16N2S/c1-7-11-8-5-12(10(2,3)4)6-9(8)13-7/h5-6H2,1-4H3. The zero-order valence-electron chi connectivity index (χ0n) is 8.72. The zero-order valence-corrected chi connectivity index (χ0v) is 9.53. The minimum atomic E-state index is 0.272. The van der Waals surface area contributed by atoms with Gasteiger partial charge in [-0.3, -0.25) is 4.90 Å². The van der Waals surface area contributed by atoms with Gasteiger partial charge in [-0.05, 0) is 27.7 Å². The molecule has 0 N–H and O–H groups in total. The molecular weight excluding hydrogens is 180 g/mol. The van der Waals surface area contributed by atoms with Crippen molar-refractivity contribution in [2.75, 3.05) is 0 Å². The highest BCUT2D eigenvalue weighted by Gasteiger charge is 2.30. The van der Waals surface area contributed by atoms with Crippen LogP contribution in [0.5, 0.6) is 0 Å². The number of thiazole rings is 1. The lowest BCUT2D eigenvalue weighted by atomic mass is 10.1. The van der Waals surface area contributed by atoms with Gasteiger partial charge >= 0.3 is 0 Å². The van der Waals surface area contributed by atoms with Gasteiger partial charge in [0.05, 0.1) is 10.7 Å². The van der Waals surface area contributed by atoms with Gasteiger partial charge < -0.3 is 0 Å². The first-order valence-electron chi connectivity index (χ1n) is 4.67. The third kappa shape index (κ3) is 1.63. The smallest absolute Gasteiger partial charge is 0.0901 e. The van der Waals surface area contributed by atoms with Crippen molar-refractivity contribution in [2.24, 2.45) is 0 Å². The molecule has 0 radical (unpaired) electrons. The van der Waals surface area contributed by atoms with Gasteiger partial charge in [-0.1, -0.05) is 0 Å². The highest BCUT2D eigenvalue weighted by Crippen LogP contribution is 2.32. The van der Waals surface area contributed by atoms with Crippen molar-refractivity contribution >= 4 is 11.3 Å². The van der Waals surface area contributed by atoms with E-state index in [2.05, 4.69) is 37.6 Å². The number of rotatable bonds is 0. The number of hydrogen-bond donors (Lipinski definition) is 0. The van der Waals surface area contributed by atoms with Crippen molar-refractivity contribution in [3.05, 3.63) is 15.6 Å². The first-order valence-corrected chi connectivity index (χ1v) is 5.49. The van der Waals surface area contributed by atoms with Gasteiger partial charge in [0.15, 0.2) is 0 Å². The van der Waals surface area contributed by atoms with E-state index in [0.717, 1.165) is 13.1 Å². The second kappa shape index (κ2) is 2.79. The van der Waals surface area contributed by atoms with Crippen LogP contribution in [0.4, 0.5) is 0 Å². The normalized spacial score (nSPS) is 17.8. The van der Waals surface area contributed by atoms with E-state index in [0.29, 0.717) is 0 Å². The lowest BCUT2D eigenvalue weighted by molar-refractivity contribution is 0.136. The van der Waals surface area contributed by atoms with E-state index in [9.17, 15) is 0 Å². The molecule has 3 heteroatoms. The summed E-state index contributed by atoms with van der Waals surface area (Å²) in [6.07, 6.45) is 0. The predicted octanol–water partition coefficient (Wildman–Crippen LogP) is 2.57. The molecule has 2 heterocycles. The first kappa shape index (κ1) is 9.16. The van der Waals surface area contributed by atoms with Crippen molar-refractivity contribution in [2.45, 2.75) is 46.3 Å². The van der Waals surface area contributed by atoms with Crippen LogP contribution in [0.2, 0.25) is 0 Å². The third-order valence-corrected chi connectivity index (χ3v) is 3.51. The fourth-order valence-electron chi connectivity index (χ4n) is 1.64. The Morgan fingerprint density at radius 1 is 1.31 bits per heavy atom. The molecule has 13 heavy (non-hydrogen) atoms. The Morgan fingerprint density at radius 3 is 2.54 bits per heavy atom. The van der Waals surface area contributed by atoms with Crippen LogP contribution in [0, 0.1) is 6.92 Å². The van der Waals surface area contributed by atoms with Crippen LogP contribution in [-0.2, 0) is 13.1 Å². The Labute approximate surface area is 83.6 Å². The molecule has 0 unspecified atom stereocenters. The molecule has 2 nitrogen and oxygen atoms in total. The van der Waals surface area contributed by atoms with E-state index in [1.807, 2.05) is 11.3 Å². The molecule has 0 saturated heterocycles. The summed E-state index contributed by atoms with van der Waals surface area (Å²) in [5, 5.41) is 1.21. The maximum absolute atomic E-state index is 4.53. The Balaban J connectivity index is 2.20. The number of fused-ring (bicyclic) bond motifs is 1. The minimum Gasteiger partial charge on any atom is -0.287 e. The molecule has 0 amide bonds. The Hall–Kier alpha value is -0.410. The maximum Gasteiger partial charge on any atom is 0.0901 e. The monoisotopic (exact) mass is 196 g/mol. The van der Waals surface area contributed by atoms with E-state index >= 15 is 0 Å². The number of nitrogens with zero attached hydrogens (tertiary/aromatic N) is 2. The van der Waals surface area contributed by atoms with E-state index in [-0.39, 0.29) is 5.54 Å². The van der Waals surface area contributed by atoms with Crippen LogP contribution in [-0.4, -0.2) is 15.4 Å². The summed E-state index contributed by atoms with van der Waals surface area (Å²) in [6.45, 7) is 11.0. The Kier molecular flexibility index (Phi) is 1.96. The molecule has 0 bridgehead atoms. The van der Waals surface area contributed by atoms with Crippen LogP contribution < -0.4 is 0 Å². The predicted molar refractivity (Wildman–Crippen MR) is 55.9 cm³/mol. The highest BCUT2D eigenvalue weighted by molar-refractivity contribution is 7.11. The summed E-state index contributed by atoms with van der Waals surface area (Å²) in [4.78, 5) is 8.47. The van der Waals surface area contributed by atoms with Crippen LogP contribution in [0.3, 0.4) is 0 Å². The van der Waals surface area contributed by atoms with Gasteiger partial charge in [0, 0.05) is 23.5 Å². The van der Waals surface area contributed by atoms with Crippen molar-refractivity contribution in [3.63, 3.8) is 0 Å². The van der Waals surface area contributed by atoms with Crippen LogP contribution in [0.1, 0.15) is 36.3 Å². The summed E-state index contributed by atoms with van der Waals surface area (Å²) in [6, 6.07) is 0. The second-order valence-electron chi connectivity index (χ2n) is 4.63. The van der Waals surface area contributed by atoms with Crippen LogP contribution in [0.15, 0.2) is 0 Å². The van der Waals surface area contributed by atoms with Crippen LogP contribution in [0.25, 0.3) is 0 Å². The summed E-state index contributed by atoms with van der Waals surface area (Å²) >= 11 is 1.84. The summed E-state index contributed by atoms with van der Waals surface area (Å²) in [5.41, 5.74) is 1.58. The maximum atomic E-state index is 4.53. The molecule has 72 valence electrons. The molecular formula is C10H16N2S. The molecule has 0 aliphatic carbocycles. The lowest BCUT2D eigenvalue weighted by Gasteiger charge is -2.31. The first-order chi connectivity index (χ1) is 5.97. The second-order valence-corrected chi connectivity index (χ2v) is 5.92. The molecule has 0 atom stereocenters. The molecule has 0 saturated carbocycles. The zero-order chi connectivity index (χ0) is 9.64. The third-order valence-electron chi connectivity index (χ3n) is 2.51. The summed E-state index contributed by atoms with van der Waals surface area (Å²) in [5.74, 6) is 0. The SMILES string of the molecule is Cc1nc2c(s1)CN(C(C)(C)C)C2. The molecule has 0 aromatic carbocycles. The molecule has 0 spiro atoms. The van der Waals surface area contributed by atoms with E-state index in [1.165, 1.54) is 15.6 Å². The summed E-state index contributed by atoms with van der Waals surface area (Å²) in [7, 11) is 0. The molecule has 1 aliphatic heterocycles. The molecule has 1 aromatic heterocycles. The van der Waals surface area contributed by atoms with E-state index in [1.54, 1.807) is 0 Å². The molecule has 2 rings (SSSR count). The largest absolute Gasteiger partial charge is 0.287 e. The topological polar surface area (TPSA) is 16.1 Å². The van der Waals surface area contributed by atoms with Crippen molar-refractivity contribution in [1.29, 1.82) is 0 Å². The fraction of sp³-hybridized carbons (Fsp3) is 0.700. The van der Waals surface area contributed by atoms with E-state index in [4.69, 9.17) is 0 Å². The number of aromatic nitrogens is 1. The highest BCUT2D eigenvalue weighted by atomic mass is 32.1. The fourth-order valence-corrected chi connectivity index (χ4v) is 2.60. The number of aryl methyl sites for hydroxylation is 1. The lowest BCUT2D eigenvalue weighted by Crippen LogP contribution is -2.37. The summed E-state index contributed by atoms with van der Waals surface area (Å²) < 4.78 is 0. The molecule has 1 aliphatic rings. The Bertz CT molecular complexity index is 299. The van der Waals surface area contributed by atoms with Gasteiger partial charge in [-0.15, -0.1) is 11.3 Å². The quantitative estimate of drug-likeness (QED) is 0.634. The molecule has 1 aromatic rings. The van der Waals surface area contributed by atoms with Gasteiger partial charge in [0.1, 0.15) is 0 Å². The van der Waals surface area contributed by atoms with Gasteiger partial charge in [-0.2, -0.15) is 0 Å². The van der Waals surface area contributed by atoms with Gasteiger partial charge in [0.2, 0.25) is 0 Å². The van der Waals surface area contributed by atoms with Crippen molar-refractivity contribution < 1.29 is 0 Å². The molecule has 0 fully saturated rings. The van der Waals surface area contributed by atoms with Gasteiger partial charge in [-0.25, -0.2) is 4.98 Å². The van der Waals surface area contributed by atoms with Crippen LogP contribution >= 0.6 is 11.3 Å². The average molecular weight is 196 g/mol. The van der Waals surface area contributed by atoms with Crippen molar-refractivity contribution in [3.8, 4) is 0 Å². The number of hydrogen-bond acceptors (Lipinski definition) is 3. The minimum absolute atomic E-state index is 0.272. The van der Waals surface area contributed by atoms with Crippen molar-refractivity contribution in [1.82, 2.24) is 9.88 Å². The Morgan fingerprint density at radius 2 is 2.00 bits per heavy atom. The van der Waals surface area contributed by atoms with E-state index < -0.39 is 0 Å². The average Bonchev–Trinajstić information content (AvgIpc) is 2.40.